The van der Waals surface area contributed by atoms with Crippen LogP contribution in [0, 0.1) is 26.6 Å². The first kappa shape index (κ1) is 69.5. The van der Waals surface area contributed by atoms with E-state index in [9.17, 15) is 40.4 Å². The molecule has 3 aromatic carbocycles. The maximum Gasteiger partial charge on any atom is 0.449 e. The summed E-state index contributed by atoms with van der Waals surface area (Å²) in [5.41, 5.74) is 4.21. The molecule has 0 aliphatic carbocycles. The molecule has 1 aromatic heterocycles. The number of aldehydes is 1. The molecule has 388 valence electrons. The first-order chi connectivity index (χ1) is 31.8. The zero-order chi connectivity index (χ0) is 53.6. The van der Waals surface area contributed by atoms with Crippen LogP contribution in [0.2, 0.25) is 0 Å². The van der Waals surface area contributed by atoms with Gasteiger partial charge in [-0.15, -0.1) is 53.6 Å². The number of alkyl halides is 4. The summed E-state index contributed by atoms with van der Waals surface area (Å²) < 4.78 is 93.5. The fraction of sp³-hybridized carbons (Fsp3) is 0.375. The fourth-order valence-corrected chi connectivity index (χ4v) is 94.3. The number of esters is 1. The molecule has 0 fully saturated rings. The predicted octanol–water partition coefficient (Wildman–Crippen LogP) is 15.9. The topological polar surface area (TPSA) is 158 Å². The normalized spacial score (nSPS) is 11.3. The molecule has 4 rings (SSSR count). The molecular formula is C40H58Br3F4NO10P10S. The van der Waals surface area contributed by atoms with E-state index >= 15 is 0 Å². The maximum absolute atomic E-state index is 13.6. The van der Waals surface area contributed by atoms with Crippen molar-refractivity contribution in [3.05, 3.63) is 114 Å². The van der Waals surface area contributed by atoms with Crippen molar-refractivity contribution in [1.29, 1.82) is 0 Å². The minimum Gasteiger partial charge on any atom is -0.496 e. The molecule has 2 N–H and O–H groups in total. The highest BCUT2D eigenvalue weighted by Crippen LogP contribution is 3.10. The number of nitrogens with one attached hydrogen (secondary N) is 1. The number of aliphatic hydroxyl groups is 1. The Balaban J connectivity index is 0.000000860. The van der Waals surface area contributed by atoms with E-state index in [1.54, 1.807) is 14.0 Å². The van der Waals surface area contributed by atoms with Gasteiger partial charge in [0.1, 0.15) is 22.9 Å². The summed E-state index contributed by atoms with van der Waals surface area (Å²) in [7, 11) is 15.2. The SMILES string of the molecule is CCOC(=O)CS(=O)(=O)c1cc(Br)cc(F)c1CO.COc1cc(Br)ccc1CNC(=O)OC(C)(C)C.Cc1cc(C)c(C=O)c(C)c1.FC(F)(F)c1ccc(CBr)o1.PP(P)P(P(P)P)P(P)P. The molecule has 6 unspecified atom stereocenters. The smallest absolute Gasteiger partial charge is 0.449 e. The standard InChI is InChI=1S/C13H18BrNO3.C11H12BrFO5S.C10H12O.C6H4BrF3O.H12P10/c1-13(2,3)18-12(16)15-8-9-5-6-10(14)7-11(9)17-4;1-2-18-11(15)6-19(16,17)10-4-7(12)3-9(13)8(10)5-14;1-7-4-8(2)10(6-11)9(3)5-7;7-3-4-1-2-5(11-4)6(8,9)10;1-7(2)10(8(3)4)9(5)6/h5-7H,8H2,1-4H3,(H,15,16);3-4,14H,2,5-6H2,1H3;4-6H,1-3H3;1-2H,3H2;1-6H2. The number of amides is 1. The van der Waals surface area contributed by atoms with Crippen molar-refractivity contribution in [3.8, 4) is 5.75 Å². The van der Waals surface area contributed by atoms with Gasteiger partial charge in [-0.3, -0.25) is 9.59 Å². The molecular weight excluding hydrogens is 1310 g/mol. The number of aryl methyl sites for hydroxylation is 3. The second kappa shape index (κ2) is 34.2. The molecule has 0 aliphatic heterocycles. The van der Waals surface area contributed by atoms with E-state index in [0.29, 0.717) is 11.9 Å². The van der Waals surface area contributed by atoms with Crippen molar-refractivity contribution in [1.82, 2.24) is 5.32 Å². The van der Waals surface area contributed by atoms with Crippen LogP contribution in [-0.2, 0) is 48.8 Å². The molecule has 11 nitrogen and oxygen atoms in total. The summed E-state index contributed by atoms with van der Waals surface area (Å²) in [5.74, 6) is -2.64. The number of rotatable bonds is 13. The molecule has 1 heterocycles. The minimum atomic E-state index is -4.37. The Labute approximate surface area is 446 Å². The van der Waals surface area contributed by atoms with E-state index < -0.39 is 62.5 Å². The predicted molar refractivity (Wildman–Crippen MR) is 311 cm³/mol. The van der Waals surface area contributed by atoms with E-state index in [0.717, 1.165) is 57.0 Å². The lowest BCUT2D eigenvalue weighted by Gasteiger charge is -2.27. The van der Waals surface area contributed by atoms with Crippen LogP contribution in [0.1, 0.15) is 77.4 Å². The summed E-state index contributed by atoms with van der Waals surface area (Å²) >= 11 is 9.30. The van der Waals surface area contributed by atoms with Gasteiger partial charge in [-0.1, -0.05) is 71.6 Å². The van der Waals surface area contributed by atoms with E-state index in [1.807, 2.05) is 71.9 Å². The second-order valence-electron chi connectivity index (χ2n) is 14.6. The van der Waals surface area contributed by atoms with Gasteiger partial charge in [0.2, 0.25) is 5.76 Å². The molecule has 0 bridgehead atoms. The highest BCUT2D eigenvalue weighted by Gasteiger charge is 2.34. The average Bonchev–Trinajstić information content (AvgIpc) is 3.71. The fourth-order valence-electron chi connectivity index (χ4n) is 5.13. The number of benzene rings is 3. The number of halogens is 7. The number of furan rings is 1. The van der Waals surface area contributed by atoms with Gasteiger partial charge < -0.3 is 29.1 Å². The minimum absolute atomic E-state index is 0.0497. The van der Waals surface area contributed by atoms with Crippen LogP contribution < -0.4 is 10.1 Å². The highest BCUT2D eigenvalue weighted by molar-refractivity contribution is 9.16. The molecule has 0 saturated heterocycles. The van der Waals surface area contributed by atoms with Gasteiger partial charge in [-0.05, 0) is 124 Å². The number of aliphatic hydroxyl groups excluding tert-OH is 1. The van der Waals surface area contributed by atoms with Crippen molar-refractivity contribution >= 4 is 157 Å². The Bertz CT molecular complexity index is 2340. The first-order valence-electron chi connectivity index (χ1n) is 19.5. The number of alkyl carbamates (subject to hydrolysis) is 1. The van der Waals surface area contributed by atoms with Crippen LogP contribution in [0.3, 0.4) is 0 Å². The number of methoxy groups -OCH3 is 1. The van der Waals surface area contributed by atoms with Gasteiger partial charge in [0.15, 0.2) is 21.9 Å². The highest BCUT2D eigenvalue weighted by atomic mass is 79.9. The van der Waals surface area contributed by atoms with Crippen molar-refractivity contribution in [2.45, 2.75) is 83.6 Å². The number of hydrogen-bond donors (Lipinski definition) is 2. The van der Waals surface area contributed by atoms with Crippen LogP contribution in [0.15, 0.2) is 72.9 Å². The van der Waals surface area contributed by atoms with Crippen LogP contribution >= 0.6 is 129 Å². The third-order valence-corrected chi connectivity index (χ3v) is 60.6. The monoisotopic (exact) mass is 1370 g/mol. The van der Waals surface area contributed by atoms with Gasteiger partial charge in [-0.2, -0.15) is 13.2 Å². The van der Waals surface area contributed by atoms with Gasteiger partial charge in [0.05, 0.1) is 30.5 Å². The molecule has 4 aromatic rings. The summed E-state index contributed by atoms with van der Waals surface area (Å²) in [4.78, 5) is 32.9. The largest absolute Gasteiger partial charge is 0.496 e. The molecule has 0 spiro atoms. The Hall–Kier alpha value is 0.520. The third kappa shape index (κ3) is 27.8. The lowest BCUT2D eigenvalue weighted by molar-refractivity contribution is -0.153. The summed E-state index contributed by atoms with van der Waals surface area (Å²) in [6.07, 6.45) is -3.89. The van der Waals surface area contributed by atoms with E-state index in [4.69, 9.17) is 14.6 Å². The summed E-state index contributed by atoms with van der Waals surface area (Å²) in [6.45, 7) is 13.2. The lowest BCUT2D eigenvalue weighted by atomic mass is 10.0. The van der Waals surface area contributed by atoms with Crippen molar-refractivity contribution in [2.24, 2.45) is 0 Å². The Morgan fingerprint density at radius 2 is 1.43 bits per heavy atom. The number of carbonyl (C=O) groups is 3. The molecule has 6 atom stereocenters. The van der Waals surface area contributed by atoms with Crippen LogP contribution in [-0.4, -0.2) is 56.9 Å². The molecule has 29 heteroatoms. The second-order valence-corrected chi connectivity index (χ2v) is 55.6. The van der Waals surface area contributed by atoms with Crippen molar-refractivity contribution < 1.29 is 64.1 Å². The average molecular weight is 1370 g/mol. The maximum atomic E-state index is 13.6. The van der Waals surface area contributed by atoms with Crippen LogP contribution in [0.4, 0.5) is 22.4 Å². The molecule has 0 aliphatic rings. The quantitative estimate of drug-likeness (QED) is 0.0434. The third-order valence-electron chi connectivity index (χ3n) is 7.85. The van der Waals surface area contributed by atoms with E-state index in [-0.39, 0.29) is 50.4 Å². The number of hydrogen-bond acceptors (Lipinski definition) is 10. The Morgan fingerprint density at radius 1 is 0.884 bits per heavy atom. The van der Waals surface area contributed by atoms with Gasteiger partial charge in [0, 0.05) is 32.2 Å². The molecule has 69 heavy (non-hydrogen) atoms. The Kier molecular flexibility index (Phi) is 34.5. The molecule has 1 amide bonds. The number of carbonyl (C=O) groups excluding carboxylic acids is 3. The lowest BCUT2D eigenvalue weighted by Crippen LogP contribution is -2.32. The summed E-state index contributed by atoms with van der Waals surface area (Å²) in [6, 6.07) is 14.1. The van der Waals surface area contributed by atoms with E-state index in [2.05, 4.69) is 116 Å². The molecule has 0 radical (unpaired) electrons. The van der Waals surface area contributed by atoms with E-state index in [1.165, 1.54) is 11.6 Å². The summed E-state index contributed by atoms with van der Waals surface area (Å²) in [5, 5.41) is 12.0. The van der Waals surface area contributed by atoms with Crippen LogP contribution in [0.25, 0.3) is 0 Å². The van der Waals surface area contributed by atoms with Crippen molar-refractivity contribution in [3.63, 3.8) is 0 Å². The van der Waals surface area contributed by atoms with Gasteiger partial charge >= 0.3 is 18.2 Å². The Morgan fingerprint density at radius 3 is 1.83 bits per heavy atom. The zero-order valence-corrected chi connectivity index (χ0v) is 54.8. The molecule has 0 saturated carbocycles. The van der Waals surface area contributed by atoms with Crippen LogP contribution in [0.5, 0.6) is 5.75 Å². The number of ether oxygens (including phenoxy) is 3. The first-order valence-corrected chi connectivity index (χ1v) is 41.0. The zero-order valence-electron chi connectivity index (χ0n) is 38.7. The van der Waals surface area contributed by atoms with Crippen molar-refractivity contribution in [2.75, 3.05) is 19.5 Å². The van der Waals surface area contributed by atoms with Gasteiger partial charge in [0.25, 0.3) is 0 Å². The van der Waals surface area contributed by atoms with Gasteiger partial charge in [-0.25, -0.2) is 17.6 Å². The number of sulfone groups is 1.